The molecule has 4 rings (SSSR count). The molecule has 1 atom stereocenters. The van der Waals surface area contributed by atoms with Gasteiger partial charge in [0.1, 0.15) is 35.5 Å². The summed E-state index contributed by atoms with van der Waals surface area (Å²) in [4.78, 5) is 38.4. The van der Waals surface area contributed by atoms with E-state index in [1.165, 1.54) is 28.4 Å². The highest BCUT2D eigenvalue weighted by Gasteiger charge is 2.19. The number of hydrogen-bond donors (Lipinski definition) is 1. The van der Waals surface area contributed by atoms with Crippen molar-refractivity contribution in [2.45, 2.75) is 19.9 Å². The zero-order valence-corrected chi connectivity index (χ0v) is 16.5. The van der Waals surface area contributed by atoms with E-state index in [9.17, 15) is 9.59 Å². The number of hydrogen-bond acceptors (Lipinski definition) is 7. The van der Waals surface area contributed by atoms with Gasteiger partial charge < -0.3 is 5.32 Å². The lowest BCUT2D eigenvalue weighted by atomic mass is 10.3. The lowest BCUT2D eigenvalue weighted by Gasteiger charge is -2.14. The molecule has 0 aromatic carbocycles. The minimum atomic E-state index is -0.823. The van der Waals surface area contributed by atoms with Crippen LogP contribution in [0.25, 0.3) is 16.4 Å². The van der Waals surface area contributed by atoms with Gasteiger partial charge in [0.2, 0.25) is 5.91 Å². The summed E-state index contributed by atoms with van der Waals surface area (Å²) in [6.07, 6.45) is 4.79. The van der Waals surface area contributed by atoms with Crippen molar-refractivity contribution in [2.24, 2.45) is 0 Å². The number of anilines is 1. The molecule has 1 unspecified atom stereocenters. The molecule has 10 heteroatoms. The molecule has 0 saturated carbocycles. The van der Waals surface area contributed by atoms with E-state index in [1.807, 2.05) is 24.4 Å². The first-order chi connectivity index (χ1) is 14.0. The minimum Gasteiger partial charge on any atom is -0.309 e. The fraction of sp³-hybridized carbons (Fsp3) is 0.158. The first-order valence-electron chi connectivity index (χ1n) is 8.80. The lowest BCUT2D eigenvalue weighted by molar-refractivity contribution is -0.119. The van der Waals surface area contributed by atoms with E-state index in [-0.39, 0.29) is 5.56 Å². The molecule has 4 aromatic heterocycles. The van der Waals surface area contributed by atoms with Crippen LogP contribution >= 0.6 is 11.3 Å². The molecule has 0 bridgehead atoms. The molecule has 9 nitrogen and oxygen atoms in total. The van der Waals surface area contributed by atoms with Crippen molar-refractivity contribution in [3.63, 3.8) is 0 Å². The smallest absolute Gasteiger partial charge is 0.267 e. The van der Waals surface area contributed by atoms with Crippen molar-refractivity contribution < 1.29 is 4.79 Å². The zero-order chi connectivity index (χ0) is 20.4. The maximum absolute atomic E-state index is 12.7. The Morgan fingerprint density at radius 3 is 2.79 bits per heavy atom. The number of imidazole rings is 1. The third-order valence-corrected chi connectivity index (χ3v) is 5.21. The topological polar surface area (TPSA) is 108 Å². The van der Waals surface area contributed by atoms with E-state index in [4.69, 9.17) is 0 Å². The monoisotopic (exact) mass is 407 g/mol. The number of amides is 1. The molecule has 0 saturated heterocycles. The van der Waals surface area contributed by atoms with E-state index in [0.717, 1.165) is 10.7 Å². The molecular formula is C19H17N7O2S. The molecule has 29 heavy (non-hydrogen) atoms. The molecular weight excluding hydrogens is 390 g/mol. The summed E-state index contributed by atoms with van der Waals surface area (Å²) in [5, 5.41) is 9.01. The van der Waals surface area contributed by atoms with Gasteiger partial charge in [0.15, 0.2) is 0 Å². The van der Waals surface area contributed by atoms with Crippen molar-refractivity contribution in [3.8, 4) is 16.4 Å². The van der Waals surface area contributed by atoms with Gasteiger partial charge in [0, 0.05) is 24.5 Å². The standard InChI is InChI=1S/C19H17N7O2S/c1-12(26-18(27)6-5-14(24-26)15-4-3-9-29-15)19(28)23-16-10-17(22-11-21-16)25-8-7-20-13(25)2/h3-12H,1-2H3,(H,21,22,23,28). The number of thiophene rings is 1. The summed E-state index contributed by atoms with van der Waals surface area (Å²) in [7, 11) is 0. The number of nitrogens with zero attached hydrogens (tertiary/aromatic N) is 6. The van der Waals surface area contributed by atoms with E-state index in [1.54, 1.807) is 36.0 Å². The number of aryl methyl sites for hydroxylation is 1. The van der Waals surface area contributed by atoms with Crippen molar-refractivity contribution in [1.82, 2.24) is 29.3 Å². The number of carbonyl (C=O) groups is 1. The fourth-order valence-electron chi connectivity index (χ4n) is 2.77. The van der Waals surface area contributed by atoms with E-state index in [2.05, 4.69) is 25.4 Å². The van der Waals surface area contributed by atoms with E-state index in [0.29, 0.717) is 17.3 Å². The highest BCUT2D eigenvalue weighted by atomic mass is 32.1. The summed E-state index contributed by atoms with van der Waals surface area (Å²) in [6.45, 7) is 3.46. The summed E-state index contributed by atoms with van der Waals surface area (Å²) < 4.78 is 2.95. The summed E-state index contributed by atoms with van der Waals surface area (Å²) >= 11 is 1.51. The Hall–Kier alpha value is -3.66. The molecule has 0 aliphatic carbocycles. The highest BCUT2D eigenvalue weighted by molar-refractivity contribution is 7.13. The highest BCUT2D eigenvalue weighted by Crippen LogP contribution is 2.22. The van der Waals surface area contributed by atoms with Crippen LogP contribution in [0.4, 0.5) is 5.82 Å². The molecule has 4 heterocycles. The van der Waals surface area contributed by atoms with E-state index < -0.39 is 11.9 Å². The van der Waals surface area contributed by atoms with Crippen LogP contribution in [-0.4, -0.2) is 35.2 Å². The van der Waals surface area contributed by atoms with Gasteiger partial charge >= 0.3 is 0 Å². The normalized spacial score (nSPS) is 11.9. The first kappa shape index (κ1) is 18.7. The molecule has 0 aliphatic heterocycles. The largest absolute Gasteiger partial charge is 0.309 e. The van der Waals surface area contributed by atoms with Gasteiger partial charge in [-0.2, -0.15) is 5.10 Å². The molecule has 0 fully saturated rings. The van der Waals surface area contributed by atoms with Crippen LogP contribution in [0.3, 0.4) is 0 Å². The third kappa shape index (κ3) is 3.83. The Morgan fingerprint density at radius 1 is 1.21 bits per heavy atom. The van der Waals surface area contributed by atoms with Crippen molar-refractivity contribution >= 4 is 23.1 Å². The van der Waals surface area contributed by atoms with Crippen LogP contribution in [-0.2, 0) is 4.79 Å². The van der Waals surface area contributed by atoms with Gasteiger partial charge in [-0.25, -0.2) is 19.6 Å². The van der Waals surface area contributed by atoms with Crippen LogP contribution in [0.2, 0.25) is 0 Å². The van der Waals surface area contributed by atoms with Crippen molar-refractivity contribution in [3.05, 3.63) is 70.6 Å². The first-order valence-corrected chi connectivity index (χ1v) is 9.68. The predicted molar refractivity (Wildman–Crippen MR) is 109 cm³/mol. The second-order valence-electron chi connectivity index (χ2n) is 6.25. The minimum absolute atomic E-state index is 0.322. The predicted octanol–water partition coefficient (Wildman–Crippen LogP) is 2.46. The van der Waals surface area contributed by atoms with Crippen LogP contribution in [0.15, 0.2) is 59.2 Å². The molecule has 146 valence electrons. The third-order valence-electron chi connectivity index (χ3n) is 4.32. The summed E-state index contributed by atoms with van der Waals surface area (Å²) in [6, 6.07) is 7.69. The Labute approximate surface area is 169 Å². The van der Waals surface area contributed by atoms with Gasteiger partial charge in [-0.3, -0.25) is 14.2 Å². The van der Waals surface area contributed by atoms with Gasteiger partial charge in [0.25, 0.3) is 5.56 Å². The maximum atomic E-state index is 12.7. The van der Waals surface area contributed by atoms with E-state index >= 15 is 0 Å². The molecule has 4 aromatic rings. The molecule has 1 amide bonds. The second-order valence-corrected chi connectivity index (χ2v) is 7.20. The zero-order valence-electron chi connectivity index (χ0n) is 15.7. The quantitative estimate of drug-likeness (QED) is 0.544. The van der Waals surface area contributed by atoms with Crippen molar-refractivity contribution in [1.29, 1.82) is 0 Å². The SMILES string of the molecule is Cc1nccn1-c1cc(NC(=O)C(C)n2nc(-c3cccs3)ccc2=O)ncn1. The number of rotatable bonds is 5. The second kappa shape index (κ2) is 7.76. The average molecular weight is 407 g/mol. The maximum Gasteiger partial charge on any atom is 0.267 e. The lowest BCUT2D eigenvalue weighted by Crippen LogP contribution is -2.33. The van der Waals surface area contributed by atoms with Crippen LogP contribution < -0.4 is 10.9 Å². The Morgan fingerprint density at radius 2 is 2.07 bits per heavy atom. The Balaban J connectivity index is 1.57. The van der Waals surface area contributed by atoms with Crippen LogP contribution in [0, 0.1) is 6.92 Å². The molecule has 1 N–H and O–H groups in total. The molecule has 0 aliphatic rings. The molecule has 0 radical (unpaired) electrons. The van der Waals surface area contributed by atoms with Gasteiger partial charge in [0.05, 0.1) is 4.88 Å². The van der Waals surface area contributed by atoms with Crippen LogP contribution in [0.1, 0.15) is 18.8 Å². The van der Waals surface area contributed by atoms with Gasteiger partial charge in [-0.05, 0) is 31.4 Å². The van der Waals surface area contributed by atoms with Gasteiger partial charge in [-0.15, -0.1) is 11.3 Å². The Kier molecular flexibility index (Phi) is 5.00. The number of nitrogens with one attached hydrogen (secondary N) is 1. The fourth-order valence-corrected chi connectivity index (χ4v) is 3.46. The Bertz CT molecular complexity index is 1210. The molecule has 0 spiro atoms. The summed E-state index contributed by atoms with van der Waals surface area (Å²) in [5.74, 6) is 1.25. The van der Waals surface area contributed by atoms with Crippen molar-refractivity contribution in [2.75, 3.05) is 5.32 Å². The average Bonchev–Trinajstić information content (AvgIpc) is 3.40. The van der Waals surface area contributed by atoms with Crippen LogP contribution in [0.5, 0.6) is 0 Å². The van der Waals surface area contributed by atoms with Gasteiger partial charge in [-0.1, -0.05) is 6.07 Å². The number of aromatic nitrogens is 6. The summed E-state index contributed by atoms with van der Waals surface area (Å²) in [5.41, 5.74) is 0.282. The number of carbonyl (C=O) groups excluding carboxylic acids is 1.